The van der Waals surface area contributed by atoms with Gasteiger partial charge in [0.15, 0.2) is 0 Å². The molecule has 0 aromatic carbocycles. The molecule has 1 unspecified atom stereocenters. The van der Waals surface area contributed by atoms with Crippen LogP contribution in [0, 0.1) is 11.3 Å². The number of thioether (sulfide) groups is 1. The molecule has 2 fully saturated rings. The fourth-order valence-electron chi connectivity index (χ4n) is 4.57. The van der Waals surface area contributed by atoms with E-state index in [-0.39, 0.29) is 0 Å². The summed E-state index contributed by atoms with van der Waals surface area (Å²) in [7, 11) is 0. The Bertz CT molecular complexity index is 527. The Labute approximate surface area is 154 Å². The fraction of sp³-hybridized carbons (Fsp3) is 0.750. The average Bonchev–Trinajstić information content (AvgIpc) is 3.14. The fourth-order valence-corrected chi connectivity index (χ4v) is 5.76. The minimum Gasteiger partial charge on any atom is -0.480 e. The van der Waals surface area contributed by atoms with Crippen LogP contribution in [0.5, 0.6) is 0 Å². The van der Waals surface area contributed by atoms with Crippen LogP contribution < -0.4 is 5.73 Å². The van der Waals surface area contributed by atoms with Crippen molar-refractivity contribution >= 4 is 17.7 Å². The van der Waals surface area contributed by atoms with Gasteiger partial charge >= 0.3 is 5.97 Å². The summed E-state index contributed by atoms with van der Waals surface area (Å²) in [5.74, 6) is 0.540. The van der Waals surface area contributed by atoms with Crippen molar-refractivity contribution in [1.82, 2.24) is 0 Å². The molecule has 3 N–H and O–H groups in total. The summed E-state index contributed by atoms with van der Waals surface area (Å²) >= 11 is 1.77. The van der Waals surface area contributed by atoms with Crippen LogP contribution in [0.1, 0.15) is 63.4 Å². The molecular weight excluding hydrogens is 334 g/mol. The van der Waals surface area contributed by atoms with Crippen LogP contribution in [0.3, 0.4) is 0 Å². The van der Waals surface area contributed by atoms with E-state index in [0.717, 1.165) is 12.3 Å². The van der Waals surface area contributed by atoms with E-state index >= 15 is 0 Å². The van der Waals surface area contributed by atoms with E-state index in [1.807, 2.05) is 6.26 Å². The molecule has 2 aliphatic rings. The number of carboxylic acids is 1. The highest BCUT2D eigenvalue weighted by atomic mass is 32.2. The molecule has 0 bridgehead atoms. The molecule has 1 spiro atoms. The van der Waals surface area contributed by atoms with Crippen LogP contribution in [0.15, 0.2) is 23.0 Å². The van der Waals surface area contributed by atoms with E-state index in [1.54, 1.807) is 18.0 Å². The molecule has 0 amide bonds. The van der Waals surface area contributed by atoms with E-state index in [1.165, 1.54) is 63.4 Å². The molecule has 1 aromatic rings. The van der Waals surface area contributed by atoms with Crippen molar-refractivity contribution in [1.29, 1.82) is 0 Å². The number of furan rings is 1. The number of aryl methyl sites for hydroxylation is 1. The first-order valence-corrected chi connectivity index (χ1v) is 10.7. The highest BCUT2D eigenvalue weighted by Gasteiger charge is 2.38. The maximum absolute atomic E-state index is 10.8. The third kappa shape index (κ3) is 5.27. The minimum absolute atomic E-state index is 0.545. The first kappa shape index (κ1) is 18.8. The topological polar surface area (TPSA) is 76.5 Å². The summed E-state index contributed by atoms with van der Waals surface area (Å²) in [5.41, 5.74) is 7.53. The Kier molecular flexibility index (Phi) is 6.50. The lowest BCUT2D eigenvalue weighted by Gasteiger charge is -2.45. The quantitative estimate of drug-likeness (QED) is 0.745. The molecule has 0 radical (unpaired) electrons. The van der Waals surface area contributed by atoms with Gasteiger partial charge in [0.2, 0.25) is 0 Å². The molecule has 2 saturated carbocycles. The van der Waals surface area contributed by atoms with Crippen molar-refractivity contribution in [2.45, 2.75) is 75.5 Å². The van der Waals surface area contributed by atoms with E-state index in [9.17, 15) is 4.79 Å². The maximum Gasteiger partial charge on any atom is 0.321 e. The van der Waals surface area contributed by atoms with Crippen LogP contribution in [-0.4, -0.2) is 28.1 Å². The molecule has 2 aliphatic carbocycles. The molecule has 5 heteroatoms. The Balaban J connectivity index is 1.36. The standard InChI is InChI=1S/C20H31NO3S/c21-18(19(22)23)14-25-17-5-10-20(11-6-17)8-3-15(4-9-20)1-2-16-7-12-24-13-16/h7,12-13,15,17-18H,1-6,8-11,14,21H2,(H,22,23). The number of rotatable bonds is 7. The summed E-state index contributed by atoms with van der Waals surface area (Å²) in [6.45, 7) is 0. The van der Waals surface area contributed by atoms with Crippen molar-refractivity contribution in [3.05, 3.63) is 24.2 Å². The van der Waals surface area contributed by atoms with Gasteiger partial charge in [0.1, 0.15) is 6.04 Å². The molecule has 0 aliphatic heterocycles. The maximum atomic E-state index is 10.8. The lowest BCUT2D eigenvalue weighted by atomic mass is 9.63. The van der Waals surface area contributed by atoms with Gasteiger partial charge in [-0.2, -0.15) is 11.8 Å². The minimum atomic E-state index is -0.881. The van der Waals surface area contributed by atoms with Gasteiger partial charge in [-0.05, 0) is 87.2 Å². The van der Waals surface area contributed by atoms with E-state index in [2.05, 4.69) is 6.07 Å². The summed E-state index contributed by atoms with van der Waals surface area (Å²) in [5, 5.41) is 9.50. The van der Waals surface area contributed by atoms with Gasteiger partial charge in [-0.3, -0.25) is 4.79 Å². The monoisotopic (exact) mass is 365 g/mol. The normalized spacial score (nSPS) is 31.1. The van der Waals surface area contributed by atoms with Gasteiger partial charge in [-0.15, -0.1) is 0 Å². The summed E-state index contributed by atoms with van der Waals surface area (Å²) in [4.78, 5) is 10.8. The average molecular weight is 366 g/mol. The smallest absolute Gasteiger partial charge is 0.321 e. The second kappa shape index (κ2) is 8.63. The molecule has 4 nitrogen and oxygen atoms in total. The van der Waals surface area contributed by atoms with Crippen LogP contribution in [0.4, 0.5) is 0 Å². The number of aliphatic carboxylic acids is 1. The Morgan fingerprint density at radius 3 is 2.56 bits per heavy atom. The van der Waals surface area contributed by atoms with Gasteiger partial charge < -0.3 is 15.3 Å². The van der Waals surface area contributed by atoms with Gasteiger partial charge in [-0.1, -0.05) is 0 Å². The lowest BCUT2D eigenvalue weighted by molar-refractivity contribution is -0.137. The largest absolute Gasteiger partial charge is 0.480 e. The number of nitrogens with two attached hydrogens (primary N) is 1. The van der Waals surface area contributed by atoms with E-state index in [0.29, 0.717) is 16.4 Å². The Morgan fingerprint density at radius 1 is 1.28 bits per heavy atom. The number of carboxylic acid groups (broad SMARTS) is 1. The molecule has 3 rings (SSSR count). The Hall–Kier alpha value is -0.940. The van der Waals surface area contributed by atoms with Crippen molar-refractivity contribution in [3.63, 3.8) is 0 Å². The van der Waals surface area contributed by atoms with Crippen molar-refractivity contribution in [2.75, 3.05) is 5.75 Å². The van der Waals surface area contributed by atoms with Crippen LogP contribution in [-0.2, 0) is 11.2 Å². The van der Waals surface area contributed by atoms with Gasteiger partial charge in [-0.25, -0.2) is 0 Å². The van der Waals surface area contributed by atoms with Gasteiger partial charge in [0, 0.05) is 11.0 Å². The third-order valence-electron chi connectivity index (χ3n) is 6.41. The SMILES string of the molecule is NC(CSC1CCC2(CCC(CCc3ccoc3)CC2)CC1)C(=O)O. The zero-order valence-corrected chi connectivity index (χ0v) is 15.8. The highest BCUT2D eigenvalue weighted by molar-refractivity contribution is 7.99. The number of hydrogen-bond acceptors (Lipinski definition) is 4. The van der Waals surface area contributed by atoms with Crippen LogP contribution in [0.2, 0.25) is 0 Å². The summed E-state index contributed by atoms with van der Waals surface area (Å²) in [6, 6.07) is 1.37. The highest BCUT2D eigenvalue weighted by Crippen LogP contribution is 2.51. The van der Waals surface area contributed by atoms with Crippen molar-refractivity contribution in [3.8, 4) is 0 Å². The van der Waals surface area contributed by atoms with Crippen molar-refractivity contribution < 1.29 is 14.3 Å². The first-order valence-electron chi connectivity index (χ1n) is 9.67. The number of hydrogen-bond donors (Lipinski definition) is 2. The molecule has 1 heterocycles. The predicted octanol–water partition coefficient (Wildman–Crippen LogP) is 4.48. The van der Waals surface area contributed by atoms with Gasteiger partial charge in [0.05, 0.1) is 12.5 Å². The Morgan fingerprint density at radius 2 is 1.96 bits per heavy atom. The summed E-state index contributed by atoms with van der Waals surface area (Å²) in [6.07, 6.45) is 16.7. The molecule has 1 aromatic heterocycles. The van der Waals surface area contributed by atoms with E-state index in [4.69, 9.17) is 15.3 Å². The molecule has 0 saturated heterocycles. The third-order valence-corrected chi connectivity index (χ3v) is 7.90. The summed E-state index contributed by atoms with van der Waals surface area (Å²) < 4.78 is 5.16. The van der Waals surface area contributed by atoms with Crippen molar-refractivity contribution in [2.24, 2.45) is 17.1 Å². The van der Waals surface area contributed by atoms with Crippen LogP contribution in [0.25, 0.3) is 0 Å². The second-order valence-electron chi connectivity index (χ2n) is 8.09. The van der Waals surface area contributed by atoms with E-state index < -0.39 is 12.0 Å². The van der Waals surface area contributed by atoms with Gasteiger partial charge in [0.25, 0.3) is 0 Å². The van der Waals surface area contributed by atoms with Crippen LogP contribution >= 0.6 is 11.8 Å². The zero-order chi connectivity index (χ0) is 17.7. The molecule has 140 valence electrons. The molecular formula is C20H31NO3S. The molecule has 25 heavy (non-hydrogen) atoms. The predicted molar refractivity (Wildman–Crippen MR) is 102 cm³/mol. The second-order valence-corrected chi connectivity index (χ2v) is 9.42. The molecule has 1 atom stereocenters. The lowest BCUT2D eigenvalue weighted by Crippen LogP contribution is -2.35. The first-order chi connectivity index (χ1) is 12.1. The number of carbonyl (C=O) groups is 1. The zero-order valence-electron chi connectivity index (χ0n) is 15.0.